The summed E-state index contributed by atoms with van der Waals surface area (Å²) in [6.45, 7) is 2.76. The summed E-state index contributed by atoms with van der Waals surface area (Å²) in [5, 5.41) is 18.4. The second-order valence-corrected chi connectivity index (χ2v) is 8.09. The van der Waals surface area contributed by atoms with E-state index in [1.54, 1.807) is 0 Å². The summed E-state index contributed by atoms with van der Waals surface area (Å²) in [7, 11) is 0. The van der Waals surface area contributed by atoms with Gasteiger partial charge in [-0.05, 0) is 0 Å². The van der Waals surface area contributed by atoms with Crippen molar-refractivity contribution in [3.05, 3.63) is 0 Å². The second kappa shape index (κ2) is 10.3. The molecule has 2 saturated heterocycles. The molecule has 2 N–H and O–H groups in total. The quantitative estimate of drug-likeness (QED) is 0.259. The molecule has 2 aliphatic rings. The van der Waals surface area contributed by atoms with E-state index in [1.165, 1.54) is 0 Å². The Morgan fingerprint density at radius 2 is 1.71 bits per heavy atom. The fraction of sp³-hybridized carbons (Fsp3) is 0.824. The highest BCUT2D eigenvalue weighted by molar-refractivity contribution is 6.24. The van der Waals surface area contributed by atoms with Crippen LogP contribution in [0, 0.1) is 0 Å². The zero-order valence-electron chi connectivity index (χ0n) is 16.8. The van der Waals surface area contributed by atoms with E-state index in [9.17, 15) is 24.6 Å². The number of carbonyl (C=O) groups excluding carboxylic acids is 3. The van der Waals surface area contributed by atoms with Crippen molar-refractivity contribution >= 4 is 52.7 Å². The Bertz CT molecular complexity index is 694. The Kier molecular flexibility index (Phi) is 8.79. The van der Waals surface area contributed by atoms with E-state index >= 15 is 0 Å². The van der Waals surface area contributed by atoms with E-state index in [0.29, 0.717) is 0 Å². The van der Waals surface area contributed by atoms with Crippen molar-refractivity contribution in [1.82, 2.24) is 0 Å². The SMILES string of the molecule is CC(=O)OC[C@H]1O[C@@H](O[C@@]2(CCl)O[C@H](CCl)[C@H](O)[C@@H]2O)[C@H](OC(C)=O)C1(Cl)OC(C)=O. The zero-order chi connectivity index (χ0) is 23.6. The van der Waals surface area contributed by atoms with E-state index < -0.39 is 78.1 Å². The third-order valence-electron chi connectivity index (χ3n) is 4.56. The maximum atomic E-state index is 11.7. The molecule has 14 heteroatoms. The predicted octanol–water partition coefficient (Wildman–Crippen LogP) is 0.0154. The Morgan fingerprint density at radius 3 is 2.16 bits per heavy atom. The number of alkyl halides is 3. The summed E-state index contributed by atoms with van der Waals surface area (Å²) in [4.78, 5) is 34.6. The molecule has 31 heavy (non-hydrogen) atoms. The van der Waals surface area contributed by atoms with Gasteiger partial charge in [0.15, 0.2) is 6.10 Å². The van der Waals surface area contributed by atoms with E-state index in [1.807, 2.05) is 0 Å². The fourth-order valence-electron chi connectivity index (χ4n) is 3.21. The molecular weight excluding hydrogens is 487 g/mol. The summed E-state index contributed by atoms with van der Waals surface area (Å²) >= 11 is 18.2. The van der Waals surface area contributed by atoms with Crippen LogP contribution in [0.2, 0.25) is 0 Å². The minimum atomic E-state index is -2.17. The molecule has 178 valence electrons. The lowest BCUT2D eigenvalue weighted by molar-refractivity contribution is -0.320. The molecule has 0 aliphatic carbocycles. The van der Waals surface area contributed by atoms with Gasteiger partial charge < -0.3 is 38.6 Å². The second-order valence-electron chi connectivity index (χ2n) is 6.93. The van der Waals surface area contributed by atoms with E-state index in [-0.39, 0.29) is 5.88 Å². The lowest BCUT2D eigenvalue weighted by atomic mass is 10.1. The van der Waals surface area contributed by atoms with Gasteiger partial charge in [0.05, 0.1) is 11.8 Å². The summed E-state index contributed by atoms with van der Waals surface area (Å²) in [5.41, 5.74) is 0. The average Bonchev–Trinajstić information content (AvgIpc) is 3.06. The first-order chi connectivity index (χ1) is 14.4. The molecule has 2 fully saturated rings. The number of rotatable bonds is 8. The van der Waals surface area contributed by atoms with Gasteiger partial charge in [-0.15, -0.1) is 23.2 Å². The summed E-state index contributed by atoms with van der Waals surface area (Å²) < 4.78 is 32.1. The Morgan fingerprint density at radius 1 is 1.06 bits per heavy atom. The summed E-state index contributed by atoms with van der Waals surface area (Å²) in [6, 6.07) is 0. The molecule has 8 atom stereocenters. The third kappa shape index (κ3) is 5.53. The normalized spacial score (nSPS) is 39.9. The first kappa shape index (κ1) is 26.3. The molecular formula is C17H23Cl3O11. The minimum absolute atomic E-state index is 0.193. The monoisotopic (exact) mass is 508 g/mol. The van der Waals surface area contributed by atoms with Crippen LogP contribution in [0.5, 0.6) is 0 Å². The number of hydrogen-bond acceptors (Lipinski definition) is 11. The topological polar surface area (TPSA) is 147 Å². The van der Waals surface area contributed by atoms with Crippen molar-refractivity contribution in [2.45, 2.75) is 68.4 Å². The van der Waals surface area contributed by atoms with Gasteiger partial charge in [-0.2, -0.15) is 0 Å². The molecule has 2 aliphatic heterocycles. The van der Waals surface area contributed by atoms with Gasteiger partial charge in [0.25, 0.3) is 5.06 Å². The number of aliphatic hydroxyl groups excluding tert-OH is 2. The van der Waals surface area contributed by atoms with Gasteiger partial charge in [0.1, 0.15) is 24.9 Å². The highest BCUT2D eigenvalue weighted by Crippen LogP contribution is 2.44. The number of esters is 3. The summed E-state index contributed by atoms with van der Waals surface area (Å²) in [6.07, 6.45) is -8.71. The molecule has 0 saturated carbocycles. The van der Waals surface area contributed by atoms with Crippen molar-refractivity contribution in [2.75, 3.05) is 18.4 Å². The van der Waals surface area contributed by atoms with Crippen LogP contribution in [-0.2, 0) is 42.8 Å². The van der Waals surface area contributed by atoms with Crippen LogP contribution in [-0.4, -0.2) is 94.1 Å². The Labute approximate surface area is 192 Å². The highest BCUT2D eigenvalue weighted by atomic mass is 35.5. The lowest BCUT2D eigenvalue weighted by Gasteiger charge is -2.35. The lowest BCUT2D eigenvalue weighted by Crippen LogP contribution is -2.54. The molecule has 0 amide bonds. The smallest absolute Gasteiger partial charge is 0.304 e. The van der Waals surface area contributed by atoms with Crippen molar-refractivity contribution in [1.29, 1.82) is 0 Å². The van der Waals surface area contributed by atoms with Gasteiger partial charge in [-0.25, -0.2) is 0 Å². The van der Waals surface area contributed by atoms with Gasteiger partial charge >= 0.3 is 17.9 Å². The van der Waals surface area contributed by atoms with Gasteiger partial charge in [-0.3, -0.25) is 14.4 Å². The van der Waals surface area contributed by atoms with Crippen LogP contribution in [0.15, 0.2) is 0 Å². The Balaban J connectivity index is 2.40. The molecule has 2 heterocycles. The fourth-order valence-corrected chi connectivity index (χ4v) is 4.11. The van der Waals surface area contributed by atoms with Crippen LogP contribution in [0.3, 0.4) is 0 Å². The van der Waals surface area contributed by atoms with Gasteiger partial charge in [0.2, 0.25) is 18.2 Å². The third-order valence-corrected chi connectivity index (χ3v) is 5.78. The summed E-state index contributed by atoms with van der Waals surface area (Å²) in [5.74, 6) is -5.10. The van der Waals surface area contributed by atoms with Crippen molar-refractivity contribution in [2.24, 2.45) is 0 Å². The van der Waals surface area contributed by atoms with E-state index in [2.05, 4.69) is 0 Å². The largest absolute Gasteiger partial charge is 0.463 e. The maximum absolute atomic E-state index is 11.7. The van der Waals surface area contributed by atoms with Gasteiger partial charge in [-0.1, -0.05) is 11.6 Å². The number of carbonyl (C=O) groups is 3. The van der Waals surface area contributed by atoms with Crippen molar-refractivity contribution in [3.63, 3.8) is 0 Å². The molecule has 0 aromatic heterocycles. The first-order valence-corrected chi connectivity index (χ1v) is 10.5. The number of hydrogen-bond donors (Lipinski definition) is 2. The number of aliphatic hydroxyl groups is 2. The predicted molar refractivity (Wildman–Crippen MR) is 103 cm³/mol. The van der Waals surface area contributed by atoms with Crippen LogP contribution in [0.1, 0.15) is 20.8 Å². The average molecular weight is 510 g/mol. The van der Waals surface area contributed by atoms with Crippen molar-refractivity contribution in [3.8, 4) is 0 Å². The van der Waals surface area contributed by atoms with E-state index in [0.717, 1.165) is 20.8 Å². The Hall–Kier alpha value is -0.920. The molecule has 0 bridgehead atoms. The minimum Gasteiger partial charge on any atom is -0.463 e. The molecule has 0 aromatic carbocycles. The van der Waals surface area contributed by atoms with E-state index in [4.69, 9.17) is 63.2 Å². The van der Waals surface area contributed by atoms with Crippen LogP contribution in [0.25, 0.3) is 0 Å². The molecule has 2 rings (SSSR count). The standard InChI is InChI=1S/C17H23Cl3O11/c1-7(21)26-5-11-17(20,29-9(3)23)14(27-8(2)22)15(28-11)31-16(6-19)13(25)12(24)10(4-18)30-16/h10-15,24-25H,4-6H2,1-3H3/t10-,11-,12+,13+,14+,15+,16-,17?/m1/s1. The maximum Gasteiger partial charge on any atom is 0.304 e. The molecule has 0 spiro atoms. The van der Waals surface area contributed by atoms with Crippen LogP contribution < -0.4 is 0 Å². The van der Waals surface area contributed by atoms with Gasteiger partial charge in [0, 0.05) is 20.8 Å². The highest BCUT2D eigenvalue weighted by Gasteiger charge is 2.65. The zero-order valence-corrected chi connectivity index (χ0v) is 19.1. The molecule has 1 unspecified atom stereocenters. The number of halogens is 3. The first-order valence-electron chi connectivity index (χ1n) is 9.08. The van der Waals surface area contributed by atoms with Crippen LogP contribution >= 0.6 is 34.8 Å². The molecule has 11 nitrogen and oxygen atoms in total. The van der Waals surface area contributed by atoms with Crippen molar-refractivity contribution < 1.29 is 53.0 Å². The number of ether oxygens (including phenoxy) is 6. The van der Waals surface area contributed by atoms with Crippen LogP contribution in [0.4, 0.5) is 0 Å². The molecule has 0 aromatic rings. The molecule has 0 radical (unpaired) electrons.